The third-order valence-electron chi connectivity index (χ3n) is 7.82. The minimum Gasteiger partial charge on any atom is -0.477 e. The highest BCUT2D eigenvalue weighted by Crippen LogP contribution is 2.50. The van der Waals surface area contributed by atoms with Crippen molar-refractivity contribution in [2.24, 2.45) is 33.6 Å². The molecule has 0 aromatic heterocycles. The summed E-state index contributed by atoms with van der Waals surface area (Å²) in [5, 5.41) is 10.1. The van der Waals surface area contributed by atoms with Crippen LogP contribution in [0.5, 0.6) is 0 Å². The summed E-state index contributed by atoms with van der Waals surface area (Å²) in [7, 11) is 0. The van der Waals surface area contributed by atoms with Crippen LogP contribution in [-0.4, -0.2) is 37.4 Å². The van der Waals surface area contributed by atoms with Gasteiger partial charge < -0.3 is 14.6 Å². The lowest BCUT2D eigenvalue weighted by atomic mass is 9.61. The second-order valence-electron chi connectivity index (χ2n) is 10.4. The average Bonchev–Trinajstić information content (AvgIpc) is 2.69. The summed E-state index contributed by atoms with van der Waals surface area (Å²) >= 11 is 0. The van der Waals surface area contributed by atoms with Crippen molar-refractivity contribution in [3.63, 3.8) is 0 Å². The van der Waals surface area contributed by atoms with Crippen LogP contribution in [0.25, 0.3) is 0 Å². The molecule has 3 aliphatic rings. The van der Waals surface area contributed by atoms with Crippen LogP contribution in [0.3, 0.4) is 0 Å². The Labute approximate surface area is 183 Å². The molecule has 3 atom stereocenters. The molecule has 1 N–H and O–H groups in total. The first kappa shape index (κ1) is 23.5. The van der Waals surface area contributed by atoms with Crippen molar-refractivity contribution < 1.29 is 14.6 Å². The van der Waals surface area contributed by atoms with Crippen molar-refractivity contribution in [2.45, 2.75) is 79.6 Å². The maximum atomic E-state index is 10.1. The maximum absolute atomic E-state index is 10.1. The number of aliphatic hydroxyl groups excluding tert-OH is 1. The van der Waals surface area contributed by atoms with Gasteiger partial charge in [0.15, 0.2) is 0 Å². The summed E-state index contributed by atoms with van der Waals surface area (Å²) in [5.74, 6) is 2.39. The topological polar surface area (TPSA) is 51.1 Å². The molecule has 4 nitrogen and oxygen atoms in total. The van der Waals surface area contributed by atoms with Gasteiger partial charge in [-0.2, -0.15) is 0 Å². The molecule has 3 unspecified atom stereocenters. The quantitative estimate of drug-likeness (QED) is 0.534. The number of rotatable bonds is 8. The summed E-state index contributed by atoms with van der Waals surface area (Å²) in [6.07, 6.45) is 12.0. The molecule has 1 saturated heterocycles. The van der Waals surface area contributed by atoms with Crippen molar-refractivity contribution in [3.05, 3.63) is 23.4 Å². The fourth-order valence-electron chi connectivity index (χ4n) is 5.41. The number of hydrogen-bond acceptors (Lipinski definition) is 4. The van der Waals surface area contributed by atoms with Gasteiger partial charge in [-0.05, 0) is 55.9 Å². The maximum Gasteiger partial charge on any atom is 0.213 e. The summed E-state index contributed by atoms with van der Waals surface area (Å²) in [6, 6.07) is 0. The molecular weight excluding hydrogens is 374 g/mol. The Morgan fingerprint density at radius 3 is 2.63 bits per heavy atom. The zero-order chi connectivity index (χ0) is 21.8. The molecular formula is C26H43NO3. The predicted octanol–water partition coefficient (Wildman–Crippen LogP) is 5.91. The second kappa shape index (κ2) is 9.99. The van der Waals surface area contributed by atoms with Crippen LogP contribution in [-0.2, 0) is 9.47 Å². The van der Waals surface area contributed by atoms with Gasteiger partial charge in [-0.3, -0.25) is 0 Å². The van der Waals surface area contributed by atoms with Crippen molar-refractivity contribution in [3.8, 4) is 0 Å². The van der Waals surface area contributed by atoms with E-state index in [2.05, 4.69) is 46.8 Å². The summed E-state index contributed by atoms with van der Waals surface area (Å²) < 4.78 is 11.9. The third kappa shape index (κ3) is 5.02. The van der Waals surface area contributed by atoms with E-state index in [1.54, 1.807) is 0 Å². The van der Waals surface area contributed by atoms with Gasteiger partial charge in [-0.15, -0.1) is 0 Å². The highest BCUT2D eigenvalue weighted by atomic mass is 16.5. The Balaban J connectivity index is 1.86. The highest BCUT2D eigenvalue weighted by Gasteiger charge is 2.44. The van der Waals surface area contributed by atoms with Crippen LogP contribution >= 0.6 is 0 Å². The smallest absolute Gasteiger partial charge is 0.213 e. The molecule has 3 rings (SSSR count). The number of aliphatic imine (C=N–C) groups is 1. The molecule has 0 spiro atoms. The van der Waals surface area contributed by atoms with Gasteiger partial charge in [-0.1, -0.05) is 47.1 Å². The van der Waals surface area contributed by atoms with Gasteiger partial charge in [0.2, 0.25) is 5.90 Å². The van der Waals surface area contributed by atoms with E-state index < -0.39 is 0 Å². The first-order valence-corrected chi connectivity index (χ1v) is 12.2. The van der Waals surface area contributed by atoms with Crippen LogP contribution < -0.4 is 0 Å². The Morgan fingerprint density at radius 1 is 1.30 bits per heavy atom. The second-order valence-corrected chi connectivity index (χ2v) is 10.4. The van der Waals surface area contributed by atoms with E-state index in [4.69, 9.17) is 14.5 Å². The SMILES string of the molecule is CCC=C(N=C1C=C(C2(CO)CCC2)C(CC)CO1)C(C)(C)CC1COCCC1C. The van der Waals surface area contributed by atoms with Gasteiger partial charge in [-0.25, -0.2) is 4.99 Å². The molecule has 1 aliphatic carbocycles. The lowest BCUT2D eigenvalue weighted by Gasteiger charge is -2.46. The van der Waals surface area contributed by atoms with Crippen LogP contribution in [0, 0.1) is 28.6 Å². The number of nitrogens with zero attached hydrogens (tertiary/aromatic N) is 1. The molecule has 0 bridgehead atoms. The summed E-state index contributed by atoms with van der Waals surface area (Å²) in [6.45, 7) is 14.0. The van der Waals surface area contributed by atoms with E-state index in [0.717, 1.165) is 63.3 Å². The van der Waals surface area contributed by atoms with Crippen molar-refractivity contribution in [1.29, 1.82) is 0 Å². The standard InChI is InChI=1S/C26H43NO3/c1-6-9-23(25(4,5)15-21-16-29-13-10-19(21)3)27-24-14-22(20(7-2)17-30-24)26(18-28)11-8-12-26/h9,14,19-21,28H,6-8,10-13,15-18H2,1-5H3. The van der Waals surface area contributed by atoms with Gasteiger partial charge >= 0.3 is 0 Å². The van der Waals surface area contributed by atoms with Crippen molar-refractivity contribution in [1.82, 2.24) is 0 Å². The molecule has 2 fully saturated rings. The number of allylic oxidation sites excluding steroid dienone is 2. The Bertz CT molecular complexity index is 666. The van der Waals surface area contributed by atoms with Crippen LogP contribution in [0.1, 0.15) is 79.6 Å². The molecule has 2 heterocycles. The van der Waals surface area contributed by atoms with Crippen LogP contribution in [0.15, 0.2) is 28.4 Å². The third-order valence-corrected chi connectivity index (χ3v) is 7.82. The minimum absolute atomic E-state index is 0.0350. The van der Waals surface area contributed by atoms with Gasteiger partial charge in [0, 0.05) is 41.7 Å². The van der Waals surface area contributed by atoms with Crippen LogP contribution in [0.4, 0.5) is 0 Å². The molecule has 170 valence electrons. The van der Waals surface area contributed by atoms with E-state index >= 15 is 0 Å². The normalized spacial score (nSPS) is 31.1. The molecule has 0 amide bonds. The average molecular weight is 418 g/mol. The van der Waals surface area contributed by atoms with Gasteiger partial charge in [0.25, 0.3) is 0 Å². The fraction of sp³-hybridized carbons (Fsp3) is 0.808. The Kier molecular flexibility index (Phi) is 7.84. The molecule has 1 saturated carbocycles. The zero-order valence-corrected chi connectivity index (χ0v) is 19.9. The number of ether oxygens (including phenoxy) is 2. The predicted molar refractivity (Wildman–Crippen MR) is 123 cm³/mol. The minimum atomic E-state index is -0.0375. The molecule has 0 radical (unpaired) electrons. The molecule has 30 heavy (non-hydrogen) atoms. The number of aliphatic hydroxyl groups is 1. The molecule has 0 aromatic carbocycles. The monoisotopic (exact) mass is 417 g/mol. The van der Waals surface area contributed by atoms with Crippen molar-refractivity contribution in [2.75, 3.05) is 26.4 Å². The number of hydrogen-bond donors (Lipinski definition) is 1. The Morgan fingerprint density at radius 2 is 2.07 bits per heavy atom. The molecule has 0 aromatic rings. The van der Waals surface area contributed by atoms with E-state index in [1.807, 2.05) is 0 Å². The van der Waals surface area contributed by atoms with Crippen molar-refractivity contribution >= 4 is 5.90 Å². The lowest BCUT2D eigenvalue weighted by molar-refractivity contribution is 0.00802. The fourth-order valence-corrected chi connectivity index (χ4v) is 5.41. The van der Waals surface area contributed by atoms with E-state index in [1.165, 1.54) is 12.0 Å². The lowest BCUT2D eigenvalue weighted by Crippen LogP contribution is -2.41. The van der Waals surface area contributed by atoms with E-state index in [-0.39, 0.29) is 17.4 Å². The Hall–Kier alpha value is -1.13. The van der Waals surface area contributed by atoms with E-state index in [0.29, 0.717) is 24.4 Å². The summed E-state index contributed by atoms with van der Waals surface area (Å²) in [4.78, 5) is 5.07. The zero-order valence-electron chi connectivity index (χ0n) is 19.9. The largest absolute Gasteiger partial charge is 0.477 e. The highest BCUT2D eigenvalue weighted by molar-refractivity contribution is 5.90. The molecule has 2 aliphatic heterocycles. The van der Waals surface area contributed by atoms with Gasteiger partial charge in [0.1, 0.15) is 0 Å². The van der Waals surface area contributed by atoms with Gasteiger partial charge in [0.05, 0.1) is 13.2 Å². The first-order valence-electron chi connectivity index (χ1n) is 12.2. The van der Waals surface area contributed by atoms with E-state index in [9.17, 15) is 5.11 Å². The molecule has 4 heteroatoms. The summed E-state index contributed by atoms with van der Waals surface area (Å²) in [5.41, 5.74) is 2.42. The first-order chi connectivity index (χ1) is 14.3. The van der Waals surface area contributed by atoms with Crippen LogP contribution in [0.2, 0.25) is 0 Å².